The number of aromatic nitrogens is 2. The third kappa shape index (κ3) is 2.65. The molecule has 1 N–H and O–H groups in total. The molecular weight excluding hydrogens is 216 g/mol. The number of hydrogen-bond acceptors (Lipinski definition) is 3. The number of aliphatic hydroxyl groups excluding tert-OH is 1. The Kier molecular flexibility index (Phi) is 3.44. The summed E-state index contributed by atoms with van der Waals surface area (Å²) in [5, 5.41) is 14.2. The minimum atomic E-state index is -0.547. The van der Waals surface area contributed by atoms with E-state index in [-0.39, 0.29) is 0 Å². The maximum Gasteiger partial charge on any atom is 0.119 e. The van der Waals surface area contributed by atoms with Crippen molar-refractivity contribution in [2.45, 2.75) is 12.5 Å². The molecule has 1 aromatic carbocycles. The largest absolute Gasteiger partial charge is 0.497 e. The van der Waals surface area contributed by atoms with E-state index >= 15 is 0 Å². The van der Waals surface area contributed by atoms with E-state index in [4.69, 9.17) is 4.74 Å². The molecule has 17 heavy (non-hydrogen) atoms. The Balaban J connectivity index is 2.13. The zero-order chi connectivity index (χ0) is 12.3. The van der Waals surface area contributed by atoms with Crippen LogP contribution in [0.4, 0.5) is 0 Å². The molecule has 0 aliphatic rings. The molecular formula is C13H16N2O2. The first-order valence-corrected chi connectivity index (χ1v) is 5.49. The van der Waals surface area contributed by atoms with Crippen LogP contribution in [0.5, 0.6) is 5.75 Å². The monoisotopic (exact) mass is 232 g/mol. The van der Waals surface area contributed by atoms with Crippen molar-refractivity contribution in [1.29, 1.82) is 0 Å². The molecule has 2 rings (SSSR count). The lowest BCUT2D eigenvalue weighted by molar-refractivity contribution is 0.168. The lowest BCUT2D eigenvalue weighted by Gasteiger charge is -2.11. The van der Waals surface area contributed by atoms with Crippen molar-refractivity contribution >= 4 is 0 Å². The number of benzene rings is 1. The summed E-state index contributed by atoms with van der Waals surface area (Å²) < 4.78 is 6.84. The van der Waals surface area contributed by atoms with Gasteiger partial charge in [-0.3, -0.25) is 4.68 Å². The van der Waals surface area contributed by atoms with Crippen LogP contribution in [0.3, 0.4) is 0 Å². The van der Waals surface area contributed by atoms with Gasteiger partial charge in [-0.05, 0) is 23.8 Å². The van der Waals surface area contributed by atoms with Crippen LogP contribution in [0.25, 0.3) is 0 Å². The molecule has 1 unspecified atom stereocenters. The summed E-state index contributed by atoms with van der Waals surface area (Å²) in [4.78, 5) is 0. The summed E-state index contributed by atoms with van der Waals surface area (Å²) in [5.41, 5.74) is 1.85. The molecule has 0 radical (unpaired) electrons. The Hall–Kier alpha value is -1.81. The highest BCUT2D eigenvalue weighted by Gasteiger charge is 2.12. The second-order valence-corrected chi connectivity index (χ2v) is 3.95. The van der Waals surface area contributed by atoms with Crippen LogP contribution in [0.2, 0.25) is 0 Å². The van der Waals surface area contributed by atoms with Crippen LogP contribution < -0.4 is 4.74 Å². The summed E-state index contributed by atoms with van der Waals surface area (Å²) in [6, 6.07) is 9.54. The first-order chi connectivity index (χ1) is 8.20. The summed E-state index contributed by atoms with van der Waals surface area (Å²) in [7, 11) is 3.46. The van der Waals surface area contributed by atoms with Crippen LogP contribution in [0, 0.1) is 0 Å². The molecule has 0 aliphatic carbocycles. The predicted molar refractivity (Wildman–Crippen MR) is 64.9 cm³/mol. The van der Waals surface area contributed by atoms with Crippen LogP contribution in [0.15, 0.2) is 36.5 Å². The smallest absolute Gasteiger partial charge is 0.119 e. The van der Waals surface area contributed by atoms with E-state index in [1.165, 1.54) is 0 Å². The van der Waals surface area contributed by atoms with Gasteiger partial charge >= 0.3 is 0 Å². The first kappa shape index (κ1) is 11.7. The fraction of sp³-hybridized carbons (Fsp3) is 0.308. The van der Waals surface area contributed by atoms with Crippen molar-refractivity contribution in [3.63, 3.8) is 0 Å². The van der Waals surface area contributed by atoms with E-state index in [0.29, 0.717) is 6.42 Å². The molecule has 0 saturated heterocycles. The lowest BCUT2D eigenvalue weighted by Crippen LogP contribution is -2.07. The normalized spacial score (nSPS) is 12.4. The van der Waals surface area contributed by atoms with Gasteiger partial charge in [0.15, 0.2) is 0 Å². The second-order valence-electron chi connectivity index (χ2n) is 3.95. The average Bonchev–Trinajstić information content (AvgIpc) is 2.76. The van der Waals surface area contributed by atoms with Gasteiger partial charge in [0.25, 0.3) is 0 Å². The fourth-order valence-electron chi connectivity index (χ4n) is 1.84. The molecule has 1 aromatic heterocycles. The molecule has 0 amide bonds. The van der Waals surface area contributed by atoms with E-state index in [0.717, 1.165) is 17.0 Å². The number of hydrogen-bond donors (Lipinski definition) is 1. The number of nitrogens with zero attached hydrogens (tertiary/aromatic N) is 2. The molecule has 0 aliphatic heterocycles. The standard InChI is InChI=1S/C13H16N2O2/c1-15-12(6-7-14-15)13(16)9-10-4-3-5-11(8-10)17-2/h3-8,13,16H,9H2,1-2H3. The van der Waals surface area contributed by atoms with Crippen molar-refractivity contribution < 1.29 is 9.84 Å². The van der Waals surface area contributed by atoms with Gasteiger partial charge in [-0.15, -0.1) is 0 Å². The Morgan fingerprint density at radius 3 is 2.88 bits per heavy atom. The minimum Gasteiger partial charge on any atom is -0.497 e. The summed E-state index contributed by atoms with van der Waals surface area (Å²) in [5.74, 6) is 0.805. The summed E-state index contributed by atoms with van der Waals surface area (Å²) in [6.45, 7) is 0. The number of ether oxygens (including phenoxy) is 1. The number of methoxy groups -OCH3 is 1. The quantitative estimate of drug-likeness (QED) is 0.872. The van der Waals surface area contributed by atoms with E-state index in [2.05, 4.69) is 5.10 Å². The van der Waals surface area contributed by atoms with Crippen molar-refractivity contribution in [3.8, 4) is 5.75 Å². The third-order valence-corrected chi connectivity index (χ3v) is 2.76. The highest BCUT2D eigenvalue weighted by molar-refractivity contribution is 5.29. The highest BCUT2D eigenvalue weighted by Crippen LogP contribution is 2.20. The number of rotatable bonds is 4. The molecule has 1 atom stereocenters. The van der Waals surface area contributed by atoms with Crippen LogP contribution in [-0.4, -0.2) is 22.0 Å². The Morgan fingerprint density at radius 2 is 2.24 bits per heavy atom. The van der Waals surface area contributed by atoms with E-state index in [1.54, 1.807) is 18.0 Å². The molecule has 0 saturated carbocycles. The molecule has 4 nitrogen and oxygen atoms in total. The molecule has 2 aromatic rings. The SMILES string of the molecule is COc1cccc(CC(O)c2ccnn2C)c1. The fourth-order valence-corrected chi connectivity index (χ4v) is 1.84. The molecule has 0 bridgehead atoms. The number of aryl methyl sites for hydroxylation is 1. The van der Waals surface area contributed by atoms with Gasteiger partial charge in [-0.1, -0.05) is 12.1 Å². The van der Waals surface area contributed by atoms with E-state index in [1.807, 2.05) is 37.4 Å². The molecule has 90 valence electrons. The van der Waals surface area contributed by atoms with Crippen molar-refractivity contribution in [2.24, 2.45) is 7.05 Å². The molecule has 4 heteroatoms. The van der Waals surface area contributed by atoms with Gasteiger partial charge in [0.1, 0.15) is 5.75 Å². The molecule has 0 fully saturated rings. The van der Waals surface area contributed by atoms with Crippen LogP contribution in [-0.2, 0) is 13.5 Å². The maximum absolute atomic E-state index is 10.1. The zero-order valence-corrected chi connectivity index (χ0v) is 10.00. The Bertz CT molecular complexity index is 494. The highest BCUT2D eigenvalue weighted by atomic mass is 16.5. The van der Waals surface area contributed by atoms with Crippen molar-refractivity contribution in [1.82, 2.24) is 9.78 Å². The molecule has 0 spiro atoms. The van der Waals surface area contributed by atoms with Gasteiger partial charge < -0.3 is 9.84 Å². The van der Waals surface area contributed by atoms with Crippen LogP contribution >= 0.6 is 0 Å². The first-order valence-electron chi connectivity index (χ1n) is 5.49. The lowest BCUT2D eigenvalue weighted by atomic mass is 10.1. The van der Waals surface area contributed by atoms with Gasteiger partial charge in [0.2, 0.25) is 0 Å². The van der Waals surface area contributed by atoms with Gasteiger partial charge in [0, 0.05) is 19.7 Å². The second kappa shape index (κ2) is 5.01. The third-order valence-electron chi connectivity index (χ3n) is 2.76. The minimum absolute atomic E-state index is 0.547. The molecule has 1 heterocycles. The summed E-state index contributed by atoms with van der Waals surface area (Å²) in [6.07, 6.45) is 1.69. The maximum atomic E-state index is 10.1. The number of aliphatic hydroxyl groups is 1. The topological polar surface area (TPSA) is 47.3 Å². The van der Waals surface area contributed by atoms with Crippen molar-refractivity contribution in [3.05, 3.63) is 47.8 Å². The Labute approximate surface area is 100 Å². The van der Waals surface area contributed by atoms with Crippen molar-refractivity contribution in [2.75, 3.05) is 7.11 Å². The van der Waals surface area contributed by atoms with E-state index in [9.17, 15) is 5.11 Å². The predicted octanol–water partition coefficient (Wildman–Crippen LogP) is 1.70. The van der Waals surface area contributed by atoms with Crippen LogP contribution in [0.1, 0.15) is 17.4 Å². The Morgan fingerprint density at radius 1 is 1.41 bits per heavy atom. The van der Waals surface area contributed by atoms with Gasteiger partial charge in [-0.25, -0.2) is 0 Å². The van der Waals surface area contributed by atoms with E-state index < -0.39 is 6.10 Å². The van der Waals surface area contributed by atoms with Gasteiger partial charge in [-0.2, -0.15) is 5.10 Å². The average molecular weight is 232 g/mol. The zero-order valence-electron chi connectivity index (χ0n) is 10.00. The summed E-state index contributed by atoms with van der Waals surface area (Å²) >= 11 is 0. The van der Waals surface area contributed by atoms with Gasteiger partial charge in [0.05, 0.1) is 18.9 Å².